The first-order valence-electron chi connectivity index (χ1n) is 10.5. The van der Waals surface area contributed by atoms with Crippen molar-refractivity contribution in [1.29, 1.82) is 0 Å². The van der Waals surface area contributed by atoms with Crippen molar-refractivity contribution in [3.05, 3.63) is 111 Å². The fraction of sp³-hybridized carbons (Fsp3) is 0.185. The summed E-state index contributed by atoms with van der Waals surface area (Å²) in [6.07, 6.45) is 0. The molecule has 0 atom stereocenters. The van der Waals surface area contributed by atoms with Gasteiger partial charge in [-0.05, 0) is 55.6 Å². The number of fused-ring (bicyclic) bond motifs is 1. The number of para-hydroxylation sites is 1. The molecule has 0 aliphatic carbocycles. The van der Waals surface area contributed by atoms with Crippen LogP contribution >= 0.6 is 0 Å². The van der Waals surface area contributed by atoms with E-state index in [-0.39, 0.29) is 18.0 Å². The molecule has 0 fully saturated rings. The minimum Gasteiger partial charge on any atom is -0.496 e. The van der Waals surface area contributed by atoms with Crippen molar-refractivity contribution in [2.75, 3.05) is 7.11 Å². The smallest absolute Gasteiger partial charge is 0.254 e. The Morgan fingerprint density at radius 1 is 0.875 bits per heavy atom. The number of nitrogens with one attached hydrogen (secondary N) is 1. The zero-order valence-electron chi connectivity index (χ0n) is 18.5. The van der Waals surface area contributed by atoms with Crippen LogP contribution in [0.3, 0.4) is 0 Å². The number of nitrogens with zero attached hydrogens (tertiary/aromatic N) is 1. The van der Waals surface area contributed by atoms with Gasteiger partial charge in [-0.1, -0.05) is 47.5 Å². The van der Waals surface area contributed by atoms with Gasteiger partial charge >= 0.3 is 0 Å². The summed E-state index contributed by atoms with van der Waals surface area (Å²) < 4.78 is 5.49. The van der Waals surface area contributed by atoms with Crippen LogP contribution in [0.2, 0.25) is 0 Å². The number of amides is 1. The summed E-state index contributed by atoms with van der Waals surface area (Å²) in [5.74, 6) is 0.567. The number of rotatable bonds is 6. The van der Waals surface area contributed by atoms with Crippen LogP contribution in [0, 0.1) is 13.8 Å². The molecule has 0 aliphatic heterocycles. The van der Waals surface area contributed by atoms with Gasteiger partial charge in [0.2, 0.25) is 0 Å². The number of aromatic amines is 1. The lowest BCUT2D eigenvalue weighted by atomic mass is 10.1. The third-order valence-electron chi connectivity index (χ3n) is 5.58. The maximum Gasteiger partial charge on any atom is 0.254 e. The molecule has 0 radical (unpaired) electrons. The van der Waals surface area contributed by atoms with Crippen LogP contribution in [0.4, 0.5) is 0 Å². The van der Waals surface area contributed by atoms with Gasteiger partial charge in [0.15, 0.2) is 0 Å². The number of carbonyl (C=O) groups is 1. The highest BCUT2D eigenvalue weighted by atomic mass is 16.5. The maximum absolute atomic E-state index is 13.5. The molecule has 4 aromatic rings. The lowest BCUT2D eigenvalue weighted by molar-refractivity contribution is 0.0728. The zero-order valence-corrected chi connectivity index (χ0v) is 18.5. The molecule has 1 heterocycles. The number of aromatic nitrogens is 1. The van der Waals surface area contributed by atoms with Crippen molar-refractivity contribution >= 4 is 16.8 Å². The third-order valence-corrected chi connectivity index (χ3v) is 5.58. The van der Waals surface area contributed by atoms with Gasteiger partial charge in [0.05, 0.1) is 13.7 Å². The minimum absolute atomic E-state index is 0.139. The summed E-state index contributed by atoms with van der Waals surface area (Å²) in [6.45, 7) is 4.50. The van der Waals surface area contributed by atoms with E-state index >= 15 is 0 Å². The average molecular weight is 427 g/mol. The number of aryl methyl sites for hydroxylation is 2. The van der Waals surface area contributed by atoms with Gasteiger partial charge in [-0.2, -0.15) is 0 Å². The molecule has 0 unspecified atom stereocenters. The van der Waals surface area contributed by atoms with Gasteiger partial charge in [-0.3, -0.25) is 9.59 Å². The maximum atomic E-state index is 13.5. The fourth-order valence-corrected chi connectivity index (χ4v) is 3.81. The lowest BCUT2D eigenvalue weighted by Gasteiger charge is -2.24. The van der Waals surface area contributed by atoms with Crippen molar-refractivity contribution in [3.63, 3.8) is 0 Å². The molecular weight excluding hydrogens is 400 g/mol. The van der Waals surface area contributed by atoms with E-state index < -0.39 is 0 Å². The molecule has 162 valence electrons. The summed E-state index contributed by atoms with van der Waals surface area (Å²) in [7, 11) is 1.61. The third kappa shape index (κ3) is 4.57. The highest BCUT2D eigenvalue weighted by Crippen LogP contribution is 2.22. The van der Waals surface area contributed by atoms with Crippen molar-refractivity contribution in [3.8, 4) is 5.75 Å². The standard InChI is InChI=1S/C27H26N2O3/c1-18-8-11-20(12-9-18)27(31)29(16-21-6-4-5-7-25(21)32-3)17-23-15-22-14-19(2)10-13-24(22)28-26(23)30/h4-15H,16-17H2,1-3H3,(H,28,30). The number of hydrogen-bond acceptors (Lipinski definition) is 3. The van der Waals surface area contributed by atoms with Gasteiger partial charge in [0, 0.05) is 28.8 Å². The minimum atomic E-state index is -0.192. The van der Waals surface area contributed by atoms with Crippen molar-refractivity contribution in [2.45, 2.75) is 26.9 Å². The molecule has 3 aromatic carbocycles. The molecule has 0 aliphatic rings. The van der Waals surface area contributed by atoms with Gasteiger partial charge in [0.1, 0.15) is 5.75 Å². The predicted molar refractivity (Wildman–Crippen MR) is 127 cm³/mol. The van der Waals surface area contributed by atoms with Crippen LogP contribution in [0.5, 0.6) is 5.75 Å². The number of hydrogen-bond donors (Lipinski definition) is 1. The van der Waals surface area contributed by atoms with Gasteiger partial charge in [-0.15, -0.1) is 0 Å². The number of methoxy groups -OCH3 is 1. The normalized spacial score (nSPS) is 10.8. The average Bonchev–Trinajstić information content (AvgIpc) is 2.79. The second-order valence-corrected chi connectivity index (χ2v) is 8.05. The van der Waals surface area contributed by atoms with Crippen LogP contribution in [0.1, 0.15) is 32.6 Å². The lowest BCUT2D eigenvalue weighted by Crippen LogP contribution is -2.32. The molecule has 5 nitrogen and oxygen atoms in total. The number of ether oxygens (including phenoxy) is 1. The van der Waals surface area contributed by atoms with Crippen molar-refractivity contribution in [1.82, 2.24) is 9.88 Å². The Morgan fingerprint density at radius 2 is 1.56 bits per heavy atom. The SMILES string of the molecule is COc1ccccc1CN(Cc1cc2cc(C)ccc2[nH]c1=O)C(=O)c1ccc(C)cc1. The molecule has 0 spiro atoms. The molecule has 32 heavy (non-hydrogen) atoms. The van der Waals surface area contributed by atoms with Crippen LogP contribution in [-0.2, 0) is 13.1 Å². The zero-order chi connectivity index (χ0) is 22.7. The van der Waals surface area contributed by atoms with Crippen molar-refractivity contribution in [2.24, 2.45) is 0 Å². The fourth-order valence-electron chi connectivity index (χ4n) is 3.81. The Balaban J connectivity index is 1.74. The van der Waals surface area contributed by atoms with E-state index in [0.717, 1.165) is 27.6 Å². The summed E-state index contributed by atoms with van der Waals surface area (Å²) in [4.78, 5) is 30.9. The van der Waals surface area contributed by atoms with Gasteiger partial charge in [0.25, 0.3) is 11.5 Å². The number of H-pyrrole nitrogens is 1. The van der Waals surface area contributed by atoms with Crippen molar-refractivity contribution < 1.29 is 9.53 Å². The monoisotopic (exact) mass is 426 g/mol. The summed E-state index contributed by atoms with van der Waals surface area (Å²) in [5, 5.41) is 0.944. The second kappa shape index (κ2) is 9.10. The molecule has 0 bridgehead atoms. The summed E-state index contributed by atoms with van der Waals surface area (Å²) in [5.41, 5.74) is 4.78. The molecule has 1 amide bonds. The van der Waals surface area contributed by atoms with Crippen LogP contribution < -0.4 is 10.3 Å². The summed E-state index contributed by atoms with van der Waals surface area (Å²) in [6, 6.07) is 22.9. The molecule has 0 saturated carbocycles. The molecule has 1 aromatic heterocycles. The van der Waals surface area contributed by atoms with Crippen LogP contribution in [0.25, 0.3) is 10.9 Å². The first-order chi connectivity index (χ1) is 15.4. The predicted octanol–water partition coefficient (Wildman–Crippen LogP) is 5.00. The molecule has 1 N–H and O–H groups in total. The number of benzene rings is 3. The first-order valence-corrected chi connectivity index (χ1v) is 10.5. The first kappa shape index (κ1) is 21.4. The molecule has 0 saturated heterocycles. The Labute approximate surface area is 187 Å². The van der Waals surface area contributed by atoms with E-state index in [1.54, 1.807) is 12.0 Å². The molecule has 4 rings (SSSR count). The van der Waals surface area contributed by atoms with Gasteiger partial charge in [-0.25, -0.2) is 0 Å². The topological polar surface area (TPSA) is 62.4 Å². The van der Waals surface area contributed by atoms with E-state index in [9.17, 15) is 9.59 Å². The Bertz CT molecular complexity index is 1320. The second-order valence-electron chi connectivity index (χ2n) is 8.05. The van der Waals surface area contributed by atoms with E-state index in [1.165, 1.54) is 0 Å². The Morgan fingerprint density at radius 3 is 2.31 bits per heavy atom. The largest absolute Gasteiger partial charge is 0.496 e. The highest BCUT2D eigenvalue weighted by Gasteiger charge is 2.20. The van der Waals surface area contributed by atoms with E-state index in [2.05, 4.69) is 4.98 Å². The molecular formula is C27H26N2O3. The van der Waals surface area contributed by atoms with E-state index in [4.69, 9.17) is 4.74 Å². The summed E-state index contributed by atoms with van der Waals surface area (Å²) >= 11 is 0. The van der Waals surface area contributed by atoms with Crippen LogP contribution in [-0.4, -0.2) is 22.9 Å². The van der Waals surface area contributed by atoms with Gasteiger partial charge < -0.3 is 14.6 Å². The highest BCUT2D eigenvalue weighted by molar-refractivity contribution is 5.94. The van der Waals surface area contributed by atoms with E-state index in [1.807, 2.05) is 86.6 Å². The Kier molecular flexibility index (Phi) is 6.08. The molecule has 5 heteroatoms. The van der Waals surface area contributed by atoms with Crippen LogP contribution in [0.15, 0.2) is 77.6 Å². The number of pyridine rings is 1. The number of carbonyl (C=O) groups excluding carboxylic acids is 1. The quantitative estimate of drug-likeness (QED) is 0.472. The van der Waals surface area contributed by atoms with E-state index in [0.29, 0.717) is 23.4 Å². The Hall–Kier alpha value is -3.86.